The summed E-state index contributed by atoms with van der Waals surface area (Å²) in [5, 5.41) is 0. The third kappa shape index (κ3) is 61.9. The van der Waals surface area contributed by atoms with E-state index in [1.807, 2.05) is 33.3 Å². The van der Waals surface area contributed by atoms with Gasteiger partial charge in [0.05, 0.1) is 34.2 Å². The summed E-state index contributed by atoms with van der Waals surface area (Å²) >= 11 is 0. The molecule has 0 aliphatic heterocycles. The van der Waals surface area contributed by atoms with Crippen LogP contribution in [-0.2, 0) is 32.7 Å². The van der Waals surface area contributed by atoms with Gasteiger partial charge in [0.25, 0.3) is 7.82 Å². The topological polar surface area (TPSA) is 111 Å². The first-order valence-electron chi connectivity index (χ1n) is 31.6. The second-order valence-corrected chi connectivity index (χ2v) is 23.4. The number of hydrogen-bond acceptors (Lipinski definition) is 8. The number of likely N-dealkylation sites (N-methyl/N-ethyl adjacent to an activating group) is 1. The van der Waals surface area contributed by atoms with Crippen LogP contribution >= 0.6 is 7.82 Å². The van der Waals surface area contributed by atoms with Crippen LogP contribution in [0.5, 0.6) is 0 Å². The SMILES string of the molecule is CC/C=C\C/C=C\C/C=C\C/C=C\C/C=C\CC(=O)OC(COC(=O)CCCCCCCCCCCCCCCCCCCCCCCCCCCC/C=C\C/C=C\C/C=C\C/C=C\CC)COP(=O)([O-])OCC[N+](C)(C)C. The van der Waals surface area contributed by atoms with Crippen LogP contribution in [0.15, 0.2) is 109 Å². The van der Waals surface area contributed by atoms with Crippen LogP contribution < -0.4 is 4.89 Å². The maximum Gasteiger partial charge on any atom is 0.310 e. The Morgan fingerprint density at radius 3 is 1.09 bits per heavy atom. The van der Waals surface area contributed by atoms with Gasteiger partial charge in [-0.05, 0) is 77.0 Å². The molecule has 10 heteroatoms. The van der Waals surface area contributed by atoms with Crippen molar-refractivity contribution in [3.8, 4) is 0 Å². The molecule has 0 rings (SSSR count). The Hall–Kier alpha value is -3.33. The first-order chi connectivity index (χ1) is 38.0. The lowest BCUT2D eigenvalue weighted by Crippen LogP contribution is -2.37. The molecule has 0 saturated carbocycles. The zero-order valence-corrected chi connectivity index (χ0v) is 51.7. The fraction of sp³-hybridized carbons (Fsp3) is 0.706. The third-order valence-corrected chi connectivity index (χ3v) is 14.3. The fourth-order valence-electron chi connectivity index (χ4n) is 8.55. The highest BCUT2D eigenvalue weighted by molar-refractivity contribution is 7.45. The summed E-state index contributed by atoms with van der Waals surface area (Å²) in [6.07, 6.45) is 82.2. The van der Waals surface area contributed by atoms with Crippen LogP contribution in [0.25, 0.3) is 0 Å². The van der Waals surface area contributed by atoms with Gasteiger partial charge in [0.1, 0.15) is 19.8 Å². The number of allylic oxidation sites excluding steroid dienone is 17. The van der Waals surface area contributed by atoms with E-state index in [4.69, 9.17) is 18.5 Å². The normalized spacial score (nSPS) is 14.0. The molecular formula is C68H118NO8P. The molecule has 0 bridgehead atoms. The molecule has 0 amide bonds. The molecule has 0 N–H and O–H groups in total. The Bertz CT molecular complexity index is 1680. The number of rotatable bonds is 57. The average molecular weight is 1110 g/mol. The number of unbranched alkanes of at least 4 members (excludes halogenated alkanes) is 26. The van der Waals surface area contributed by atoms with Crippen LogP contribution in [-0.4, -0.2) is 70.0 Å². The van der Waals surface area contributed by atoms with E-state index in [0.29, 0.717) is 17.4 Å². The molecular weight excluding hydrogens is 990 g/mol. The summed E-state index contributed by atoms with van der Waals surface area (Å²) in [6.45, 7) is 3.90. The molecule has 0 aromatic carbocycles. The van der Waals surface area contributed by atoms with E-state index >= 15 is 0 Å². The largest absolute Gasteiger partial charge is 0.756 e. The molecule has 0 aliphatic rings. The lowest BCUT2D eigenvalue weighted by molar-refractivity contribution is -0.870. The van der Waals surface area contributed by atoms with Gasteiger partial charge in [-0.1, -0.05) is 277 Å². The highest BCUT2D eigenvalue weighted by Crippen LogP contribution is 2.38. The first-order valence-corrected chi connectivity index (χ1v) is 33.1. The van der Waals surface area contributed by atoms with Gasteiger partial charge in [-0.2, -0.15) is 0 Å². The Kier molecular flexibility index (Phi) is 55.8. The van der Waals surface area contributed by atoms with Gasteiger partial charge in [-0.25, -0.2) is 0 Å². The van der Waals surface area contributed by atoms with E-state index < -0.39 is 32.5 Å². The van der Waals surface area contributed by atoms with E-state index in [1.54, 1.807) is 6.08 Å². The van der Waals surface area contributed by atoms with Crippen LogP contribution in [0.2, 0.25) is 0 Å². The smallest absolute Gasteiger partial charge is 0.310 e. The number of esters is 2. The molecule has 2 unspecified atom stereocenters. The molecule has 0 heterocycles. The highest BCUT2D eigenvalue weighted by Gasteiger charge is 2.21. The predicted molar refractivity (Wildman–Crippen MR) is 332 cm³/mol. The van der Waals surface area contributed by atoms with Crippen LogP contribution in [0.1, 0.15) is 258 Å². The monoisotopic (exact) mass is 1110 g/mol. The number of phosphoric ester groups is 1. The van der Waals surface area contributed by atoms with E-state index in [2.05, 4.69) is 105 Å². The Balaban J connectivity index is 3.94. The summed E-state index contributed by atoms with van der Waals surface area (Å²) in [5.74, 6) is -0.978. The zero-order valence-electron chi connectivity index (χ0n) is 50.8. The van der Waals surface area contributed by atoms with Crippen LogP contribution in [0.3, 0.4) is 0 Å². The second-order valence-electron chi connectivity index (χ2n) is 22.0. The average Bonchev–Trinajstić information content (AvgIpc) is 3.41. The Morgan fingerprint density at radius 2 is 0.731 bits per heavy atom. The van der Waals surface area contributed by atoms with Crippen molar-refractivity contribution in [3.63, 3.8) is 0 Å². The summed E-state index contributed by atoms with van der Waals surface area (Å²) in [5.41, 5.74) is 0. The number of quaternary nitrogens is 1. The van der Waals surface area contributed by atoms with E-state index in [1.165, 1.54) is 154 Å². The number of carbonyl (C=O) groups is 2. The van der Waals surface area contributed by atoms with Gasteiger partial charge < -0.3 is 27.9 Å². The van der Waals surface area contributed by atoms with Crippen LogP contribution in [0.4, 0.5) is 0 Å². The molecule has 0 spiro atoms. The maximum atomic E-state index is 12.7. The molecule has 0 aromatic heterocycles. The van der Waals surface area contributed by atoms with Crippen molar-refractivity contribution in [1.82, 2.24) is 0 Å². The van der Waals surface area contributed by atoms with Gasteiger partial charge in [-0.3, -0.25) is 14.2 Å². The van der Waals surface area contributed by atoms with Crippen molar-refractivity contribution in [2.45, 2.75) is 264 Å². The van der Waals surface area contributed by atoms with Gasteiger partial charge in [0.2, 0.25) is 0 Å². The van der Waals surface area contributed by atoms with Crippen molar-refractivity contribution in [2.75, 3.05) is 47.5 Å². The fourth-order valence-corrected chi connectivity index (χ4v) is 9.28. The Labute approximate surface area is 480 Å². The predicted octanol–water partition coefficient (Wildman–Crippen LogP) is 19.5. The standard InChI is InChI=1S/C68H118NO8P/c1-6-8-10-12-14-16-18-20-22-23-24-25-26-27-28-29-30-31-32-33-34-35-36-37-38-39-40-41-42-43-44-45-47-48-50-52-54-56-58-60-67(70)74-64-66(65-76-78(72,73)75-63-62-69(3,4)5)77-68(71)61-59-57-55-53-51-49-46-21-19-17-15-13-11-9-7-2/h8-11,14-17,20-22,24-25,46,51,53,57,59,66H,6-7,12-13,18-19,23,26-45,47-50,52,54-56,58,60-65H2,1-5H3/b10-8-,11-9-,16-14-,17-15-,22-20-,25-24-,46-21-,53-51-,59-57-. The quantitative estimate of drug-likeness (QED) is 0.0195. The van der Waals surface area contributed by atoms with E-state index in [-0.39, 0.29) is 26.1 Å². The van der Waals surface area contributed by atoms with Crippen LogP contribution in [0, 0.1) is 0 Å². The lowest BCUT2D eigenvalue weighted by Gasteiger charge is -2.28. The first kappa shape index (κ1) is 74.7. The number of nitrogens with zero attached hydrogens (tertiary/aromatic N) is 1. The number of hydrogen-bond donors (Lipinski definition) is 0. The number of ether oxygens (including phenoxy) is 2. The van der Waals surface area contributed by atoms with Gasteiger partial charge in [0, 0.05) is 6.42 Å². The van der Waals surface area contributed by atoms with Crippen molar-refractivity contribution in [1.29, 1.82) is 0 Å². The minimum atomic E-state index is -4.66. The van der Waals surface area contributed by atoms with Gasteiger partial charge >= 0.3 is 11.9 Å². The minimum absolute atomic E-state index is 0.00959. The highest BCUT2D eigenvalue weighted by atomic mass is 31.2. The molecule has 0 aliphatic carbocycles. The summed E-state index contributed by atoms with van der Waals surface area (Å²) < 4.78 is 34.0. The molecule has 0 radical (unpaired) electrons. The Morgan fingerprint density at radius 1 is 0.410 bits per heavy atom. The maximum absolute atomic E-state index is 12.7. The molecule has 0 aromatic rings. The molecule has 9 nitrogen and oxygen atoms in total. The summed E-state index contributed by atoms with van der Waals surface area (Å²) in [6, 6.07) is 0. The zero-order chi connectivity index (χ0) is 57.0. The lowest BCUT2D eigenvalue weighted by atomic mass is 10.0. The molecule has 2 atom stereocenters. The summed E-state index contributed by atoms with van der Waals surface area (Å²) in [7, 11) is 1.11. The molecule has 78 heavy (non-hydrogen) atoms. The van der Waals surface area contributed by atoms with Gasteiger partial charge in [0.15, 0.2) is 6.10 Å². The third-order valence-electron chi connectivity index (χ3n) is 13.3. The molecule has 0 saturated heterocycles. The van der Waals surface area contributed by atoms with E-state index in [9.17, 15) is 19.0 Å². The van der Waals surface area contributed by atoms with E-state index in [0.717, 1.165) is 70.6 Å². The van der Waals surface area contributed by atoms with Gasteiger partial charge in [-0.15, -0.1) is 0 Å². The second kappa shape index (κ2) is 58.3. The van der Waals surface area contributed by atoms with Crippen molar-refractivity contribution >= 4 is 19.8 Å². The van der Waals surface area contributed by atoms with Crippen molar-refractivity contribution < 1.29 is 42.1 Å². The molecule has 0 fully saturated rings. The number of phosphoric acid groups is 1. The number of carbonyl (C=O) groups excluding carboxylic acids is 2. The minimum Gasteiger partial charge on any atom is -0.756 e. The summed E-state index contributed by atoms with van der Waals surface area (Å²) in [4.78, 5) is 37.7. The molecule has 448 valence electrons. The van der Waals surface area contributed by atoms with Crippen molar-refractivity contribution in [2.24, 2.45) is 0 Å². The van der Waals surface area contributed by atoms with Crippen molar-refractivity contribution in [3.05, 3.63) is 109 Å².